The SMILES string of the molecule is NC(CCC(=O)O)C(=O)NC(Cc1cnc[nH]1)C(=O)NCC(=O)NC(CC(=O)O)C(=O)O. The highest BCUT2D eigenvalue weighted by atomic mass is 16.4. The molecule has 0 aliphatic rings. The van der Waals surface area contributed by atoms with Crippen LogP contribution in [0, 0.1) is 0 Å². The number of aromatic amines is 1. The lowest BCUT2D eigenvalue weighted by molar-refractivity contribution is -0.147. The van der Waals surface area contributed by atoms with Crippen molar-refractivity contribution < 1.29 is 44.1 Å². The summed E-state index contributed by atoms with van der Waals surface area (Å²) in [6, 6.07) is -4.11. The molecule has 176 valence electrons. The van der Waals surface area contributed by atoms with Gasteiger partial charge in [0.1, 0.15) is 12.1 Å². The number of H-pyrrole nitrogens is 1. The number of nitrogens with one attached hydrogen (secondary N) is 4. The van der Waals surface area contributed by atoms with Gasteiger partial charge in [0.2, 0.25) is 17.7 Å². The number of carboxylic acids is 3. The van der Waals surface area contributed by atoms with E-state index >= 15 is 0 Å². The van der Waals surface area contributed by atoms with Crippen LogP contribution < -0.4 is 21.7 Å². The van der Waals surface area contributed by atoms with Crippen LogP contribution in [0.1, 0.15) is 25.0 Å². The standard InChI is InChI=1S/C17H24N6O9/c18-9(1-2-13(25)26)15(29)23-10(3-8-5-19-7-21-8)16(30)20-6-12(24)22-11(17(31)32)4-14(27)28/h5,7,9-11H,1-4,6,18H2,(H,19,21)(H,20,30)(H,22,24)(H,23,29)(H,25,26)(H,27,28)(H,31,32). The van der Waals surface area contributed by atoms with E-state index in [-0.39, 0.29) is 19.3 Å². The number of nitrogens with two attached hydrogens (primary N) is 1. The molecule has 1 rings (SSSR count). The van der Waals surface area contributed by atoms with Gasteiger partial charge in [-0.15, -0.1) is 0 Å². The topological polar surface area (TPSA) is 254 Å². The maximum absolute atomic E-state index is 12.5. The van der Waals surface area contributed by atoms with Gasteiger partial charge >= 0.3 is 17.9 Å². The first kappa shape index (κ1) is 26.0. The van der Waals surface area contributed by atoms with Crippen LogP contribution in [-0.4, -0.2) is 85.6 Å². The maximum atomic E-state index is 12.5. The van der Waals surface area contributed by atoms with E-state index in [2.05, 4.69) is 20.6 Å². The van der Waals surface area contributed by atoms with Gasteiger partial charge < -0.3 is 42.0 Å². The Morgan fingerprint density at radius 3 is 2.22 bits per heavy atom. The third-order valence-corrected chi connectivity index (χ3v) is 4.05. The Morgan fingerprint density at radius 1 is 1.00 bits per heavy atom. The van der Waals surface area contributed by atoms with E-state index in [9.17, 15) is 28.8 Å². The number of carbonyl (C=O) groups excluding carboxylic acids is 3. The van der Waals surface area contributed by atoms with Crippen LogP contribution >= 0.6 is 0 Å². The van der Waals surface area contributed by atoms with E-state index < -0.39 is 66.7 Å². The minimum atomic E-state index is -1.69. The second kappa shape index (κ2) is 12.6. The van der Waals surface area contributed by atoms with E-state index in [1.807, 2.05) is 5.32 Å². The summed E-state index contributed by atoms with van der Waals surface area (Å²) >= 11 is 0. The van der Waals surface area contributed by atoms with Crippen molar-refractivity contribution >= 4 is 35.6 Å². The molecule has 9 N–H and O–H groups in total. The lowest BCUT2D eigenvalue weighted by Crippen LogP contribution is -2.54. The molecular formula is C17H24N6O9. The van der Waals surface area contributed by atoms with E-state index in [1.54, 1.807) is 0 Å². The van der Waals surface area contributed by atoms with Crippen LogP contribution in [-0.2, 0) is 35.2 Å². The van der Waals surface area contributed by atoms with Crippen molar-refractivity contribution in [3.05, 3.63) is 18.2 Å². The minimum absolute atomic E-state index is 0.0678. The molecule has 15 heteroatoms. The Hall–Kier alpha value is -4.01. The lowest BCUT2D eigenvalue weighted by Gasteiger charge is -2.20. The number of hydrogen-bond acceptors (Lipinski definition) is 8. The molecule has 3 atom stereocenters. The Labute approximate surface area is 180 Å². The summed E-state index contributed by atoms with van der Waals surface area (Å²) in [5, 5.41) is 32.8. The number of carbonyl (C=O) groups is 6. The van der Waals surface area contributed by atoms with Crippen molar-refractivity contribution in [2.45, 2.75) is 43.8 Å². The minimum Gasteiger partial charge on any atom is -0.481 e. The lowest BCUT2D eigenvalue weighted by atomic mass is 10.1. The fourth-order valence-corrected chi connectivity index (χ4v) is 2.42. The molecule has 1 aromatic rings. The average molecular weight is 456 g/mol. The molecule has 0 aliphatic heterocycles. The molecule has 1 heterocycles. The van der Waals surface area contributed by atoms with Crippen molar-refractivity contribution in [1.29, 1.82) is 0 Å². The van der Waals surface area contributed by atoms with E-state index in [4.69, 9.17) is 21.1 Å². The second-order valence-electron chi connectivity index (χ2n) is 6.66. The molecule has 0 spiro atoms. The summed E-state index contributed by atoms with van der Waals surface area (Å²) in [5.41, 5.74) is 6.10. The molecule has 3 amide bonds. The average Bonchev–Trinajstić information content (AvgIpc) is 3.21. The fourth-order valence-electron chi connectivity index (χ4n) is 2.42. The molecule has 0 saturated heterocycles. The molecule has 1 aromatic heterocycles. The molecule has 3 unspecified atom stereocenters. The first-order chi connectivity index (χ1) is 15.0. The zero-order chi connectivity index (χ0) is 24.3. The van der Waals surface area contributed by atoms with Crippen LogP contribution in [0.5, 0.6) is 0 Å². The third-order valence-electron chi connectivity index (χ3n) is 4.05. The highest BCUT2D eigenvalue weighted by molar-refractivity contribution is 5.93. The predicted octanol–water partition coefficient (Wildman–Crippen LogP) is -3.21. The van der Waals surface area contributed by atoms with Crippen LogP contribution in [0.2, 0.25) is 0 Å². The molecule has 0 radical (unpaired) electrons. The summed E-state index contributed by atoms with van der Waals surface area (Å²) in [7, 11) is 0. The Morgan fingerprint density at radius 2 is 1.69 bits per heavy atom. The van der Waals surface area contributed by atoms with Gasteiger partial charge in [-0.2, -0.15) is 0 Å². The number of carboxylic acid groups (broad SMARTS) is 3. The zero-order valence-electron chi connectivity index (χ0n) is 16.7. The third kappa shape index (κ3) is 9.66. The molecule has 0 aromatic carbocycles. The molecule has 0 fully saturated rings. The highest BCUT2D eigenvalue weighted by Gasteiger charge is 2.27. The Bertz CT molecular complexity index is 842. The zero-order valence-corrected chi connectivity index (χ0v) is 16.7. The van der Waals surface area contributed by atoms with Crippen LogP contribution in [0.25, 0.3) is 0 Å². The number of aliphatic carboxylic acids is 3. The summed E-state index contributed by atoms with van der Waals surface area (Å²) in [5.74, 6) is -6.72. The normalized spacial score (nSPS) is 13.3. The van der Waals surface area contributed by atoms with E-state index in [0.717, 1.165) is 0 Å². The van der Waals surface area contributed by atoms with Gasteiger partial charge in [-0.25, -0.2) is 9.78 Å². The Balaban J connectivity index is 2.73. The van der Waals surface area contributed by atoms with Crippen molar-refractivity contribution in [1.82, 2.24) is 25.9 Å². The van der Waals surface area contributed by atoms with E-state index in [1.165, 1.54) is 12.5 Å². The molecule has 32 heavy (non-hydrogen) atoms. The van der Waals surface area contributed by atoms with Crippen LogP contribution in [0.4, 0.5) is 0 Å². The Kier molecular flexibility index (Phi) is 10.3. The van der Waals surface area contributed by atoms with E-state index in [0.29, 0.717) is 5.69 Å². The van der Waals surface area contributed by atoms with Crippen molar-refractivity contribution in [2.24, 2.45) is 5.73 Å². The predicted molar refractivity (Wildman–Crippen MR) is 104 cm³/mol. The number of rotatable bonds is 14. The number of nitrogens with zero attached hydrogens (tertiary/aromatic N) is 1. The molecule has 0 aliphatic carbocycles. The van der Waals surface area contributed by atoms with Crippen molar-refractivity contribution in [3.8, 4) is 0 Å². The van der Waals surface area contributed by atoms with Gasteiger partial charge in [-0.3, -0.25) is 24.0 Å². The summed E-state index contributed by atoms with van der Waals surface area (Å²) < 4.78 is 0. The molecular weight excluding hydrogens is 432 g/mol. The number of hydrogen-bond donors (Lipinski definition) is 8. The summed E-state index contributed by atoms with van der Waals surface area (Å²) in [6.45, 7) is -0.692. The molecule has 15 nitrogen and oxygen atoms in total. The van der Waals surface area contributed by atoms with Gasteiger partial charge in [-0.05, 0) is 6.42 Å². The van der Waals surface area contributed by atoms with Gasteiger partial charge in [0, 0.05) is 24.7 Å². The highest BCUT2D eigenvalue weighted by Crippen LogP contribution is 2.02. The first-order valence-electron chi connectivity index (χ1n) is 9.26. The van der Waals surface area contributed by atoms with Gasteiger partial charge in [0.05, 0.1) is 25.3 Å². The number of amides is 3. The van der Waals surface area contributed by atoms with Crippen LogP contribution in [0.3, 0.4) is 0 Å². The largest absolute Gasteiger partial charge is 0.481 e. The maximum Gasteiger partial charge on any atom is 0.326 e. The quantitative estimate of drug-likeness (QED) is 0.138. The second-order valence-corrected chi connectivity index (χ2v) is 6.66. The summed E-state index contributed by atoms with van der Waals surface area (Å²) in [6.07, 6.45) is 1.29. The molecule has 0 bridgehead atoms. The molecule has 0 saturated carbocycles. The van der Waals surface area contributed by atoms with Crippen LogP contribution in [0.15, 0.2) is 12.5 Å². The summed E-state index contributed by atoms with van der Waals surface area (Å²) in [4.78, 5) is 75.5. The van der Waals surface area contributed by atoms with Crippen molar-refractivity contribution in [3.63, 3.8) is 0 Å². The number of aromatic nitrogens is 2. The van der Waals surface area contributed by atoms with Gasteiger partial charge in [-0.1, -0.05) is 0 Å². The monoisotopic (exact) mass is 456 g/mol. The first-order valence-corrected chi connectivity index (χ1v) is 9.26. The van der Waals surface area contributed by atoms with Gasteiger partial charge in [0.25, 0.3) is 0 Å². The fraction of sp³-hybridized carbons (Fsp3) is 0.471. The van der Waals surface area contributed by atoms with Crippen molar-refractivity contribution in [2.75, 3.05) is 6.54 Å². The smallest absolute Gasteiger partial charge is 0.326 e. The van der Waals surface area contributed by atoms with Gasteiger partial charge in [0.15, 0.2) is 0 Å². The number of imidazole rings is 1.